The van der Waals surface area contributed by atoms with Gasteiger partial charge >= 0.3 is 6.61 Å². The van der Waals surface area contributed by atoms with Crippen molar-refractivity contribution >= 4 is 0 Å². The molecule has 2 heterocycles. The Morgan fingerprint density at radius 3 is 2.76 bits per heavy atom. The third-order valence-corrected chi connectivity index (χ3v) is 6.49. The summed E-state index contributed by atoms with van der Waals surface area (Å²) in [6.45, 7) is -0.293. The Morgan fingerprint density at radius 1 is 1.10 bits per heavy atom. The van der Waals surface area contributed by atoms with Gasteiger partial charge in [0.2, 0.25) is 0 Å². The second kappa shape index (κ2) is 8.03. The van der Waals surface area contributed by atoms with E-state index in [1.54, 1.807) is 18.2 Å². The van der Waals surface area contributed by atoms with E-state index in [2.05, 4.69) is 10.5 Å². The van der Waals surface area contributed by atoms with Crippen molar-refractivity contribution in [2.45, 2.75) is 57.3 Å². The van der Waals surface area contributed by atoms with Gasteiger partial charge in [-0.1, -0.05) is 17.3 Å². The predicted octanol–water partition coefficient (Wildman–Crippen LogP) is 4.73. The maximum atomic E-state index is 12.9. The maximum Gasteiger partial charge on any atom is 0.387 e. The number of halogens is 2. The average molecular weight is 404 g/mol. The standard InChI is InChI=1S/C22H26F2N2O3/c23-22(24)28-19-4-2-1-3-17(19)20-18(21(29-26-20)13-5-6-13)12-27-16-8-7-14-10-25-11-15(14)9-16/h1-4,13-16,22,25H,5-12H2. The number of benzene rings is 1. The molecule has 5 nitrogen and oxygen atoms in total. The van der Waals surface area contributed by atoms with Crippen LogP contribution in [0.25, 0.3) is 11.3 Å². The summed E-state index contributed by atoms with van der Waals surface area (Å²) in [6, 6.07) is 6.74. The van der Waals surface area contributed by atoms with E-state index >= 15 is 0 Å². The van der Waals surface area contributed by atoms with Crippen LogP contribution in [0.2, 0.25) is 0 Å². The number of nitrogens with zero attached hydrogens (tertiary/aromatic N) is 1. The second-order valence-corrected chi connectivity index (χ2v) is 8.45. The summed E-state index contributed by atoms with van der Waals surface area (Å²) in [4.78, 5) is 0. The summed E-state index contributed by atoms with van der Waals surface area (Å²) in [5.41, 5.74) is 1.95. The summed E-state index contributed by atoms with van der Waals surface area (Å²) in [7, 11) is 0. The van der Waals surface area contributed by atoms with Crippen molar-refractivity contribution in [1.82, 2.24) is 10.5 Å². The second-order valence-electron chi connectivity index (χ2n) is 8.45. The van der Waals surface area contributed by atoms with Gasteiger partial charge in [-0.05, 0) is 69.2 Å². The van der Waals surface area contributed by atoms with E-state index in [0.717, 1.165) is 56.0 Å². The van der Waals surface area contributed by atoms with Crippen LogP contribution >= 0.6 is 0 Å². The van der Waals surface area contributed by atoms with E-state index in [1.807, 2.05) is 0 Å². The van der Waals surface area contributed by atoms with Gasteiger partial charge in [-0.2, -0.15) is 8.78 Å². The van der Waals surface area contributed by atoms with Crippen LogP contribution in [-0.2, 0) is 11.3 Å². The molecule has 0 amide bonds. The first-order chi connectivity index (χ1) is 14.2. The zero-order valence-electron chi connectivity index (χ0n) is 16.3. The molecule has 1 N–H and O–H groups in total. The van der Waals surface area contributed by atoms with Gasteiger partial charge in [-0.25, -0.2) is 0 Å². The molecule has 3 unspecified atom stereocenters. The van der Waals surface area contributed by atoms with Gasteiger partial charge in [0, 0.05) is 17.0 Å². The highest BCUT2D eigenvalue weighted by Gasteiger charge is 2.36. The molecule has 3 aliphatic rings. The van der Waals surface area contributed by atoms with Crippen LogP contribution in [0, 0.1) is 11.8 Å². The molecule has 1 aromatic heterocycles. The van der Waals surface area contributed by atoms with Crippen molar-refractivity contribution in [2.24, 2.45) is 11.8 Å². The average Bonchev–Trinajstić information content (AvgIpc) is 3.30. The lowest BCUT2D eigenvalue weighted by molar-refractivity contribution is -0.0494. The Labute approximate surface area is 168 Å². The minimum Gasteiger partial charge on any atom is -0.434 e. The SMILES string of the molecule is FC(F)Oc1ccccc1-c1noc(C2CC2)c1COC1CCC2CNCC2C1. The number of ether oxygens (including phenoxy) is 2. The van der Waals surface area contributed by atoms with Gasteiger partial charge < -0.3 is 19.3 Å². The minimum absolute atomic E-state index is 0.108. The van der Waals surface area contributed by atoms with Crippen molar-refractivity contribution in [3.05, 3.63) is 35.6 Å². The number of alkyl halides is 2. The number of hydrogen-bond acceptors (Lipinski definition) is 5. The molecule has 3 fully saturated rings. The Morgan fingerprint density at radius 2 is 1.93 bits per heavy atom. The molecule has 156 valence electrons. The van der Waals surface area contributed by atoms with Crippen molar-refractivity contribution in [2.75, 3.05) is 13.1 Å². The van der Waals surface area contributed by atoms with Gasteiger partial charge in [-0.15, -0.1) is 0 Å². The van der Waals surface area contributed by atoms with E-state index in [1.165, 1.54) is 12.5 Å². The van der Waals surface area contributed by atoms with Gasteiger partial charge in [0.25, 0.3) is 0 Å². The fourth-order valence-electron chi connectivity index (χ4n) is 4.81. The van der Waals surface area contributed by atoms with E-state index in [-0.39, 0.29) is 11.9 Å². The van der Waals surface area contributed by atoms with E-state index in [9.17, 15) is 8.78 Å². The molecule has 5 rings (SSSR count). The molecule has 29 heavy (non-hydrogen) atoms. The monoisotopic (exact) mass is 404 g/mol. The molecule has 7 heteroatoms. The van der Waals surface area contributed by atoms with Crippen molar-refractivity contribution in [3.8, 4) is 17.0 Å². The van der Waals surface area contributed by atoms with Crippen LogP contribution in [0.1, 0.15) is 49.3 Å². The van der Waals surface area contributed by atoms with Gasteiger partial charge in [0.1, 0.15) is 17.2 Å². The first kappa shape index (κ1) is 19.0. The number of aromatic nitrogens is 1. The largest absolute Gasteiger partial charge is 0.434 e. The Balaban J connectivity index is 1.37. The molecule has 0 radical (unpaired) electrons. The summed E-state index contributed by atoms with van der Waals surface area (Å²) in [5, 5.41) is 7.73. The topological polar surface area (TPSA) is 56.5 Å². The first-order valence-electron chi connectivity index (χ1n) is 10.5. The molecule has 3 atom stereocenters. The van der Waals surface area contributed by atoms with E-state index in [4.69, 9.17) is 14.0 Å². The number of fused-ring (bicyclic) bond motifs is 1. The van der Waals surface area contributed by atoms with Gasteiger partial charge in [0.05, 0.1) is 12.7 Å². The number of nitrogens with one attached hydrogen (secondary N) is 1. The highest BCUT2D eigenvalue weighted by molar-refractivity contribution is 5.70. The van der Waals surface area contributed by atoms with Crippen LogP contribution in [0.4, 0.5) is 8.78 Å². The van der Waals surface area contributed by atoms with Crippen molar-refractivity contribution < 1.29 is 22.8 Å². The summed E-state index contributed by atoms with van der Waals surface area (Å²) in [6.07, 6.45) is 5.68. The van der Waals surface area contributed by atoms with Crippen LogP contribution < -0.4 is 10.1 Å². The van der Waals surface area contributed by atoms with Gasteiger partial charge in [0.15, 0.2) is 0 Å². The van der Waals surface area contributed by atoms with E-state index in [0.29, 0.717) is 29.7 Å². The first-order valence-corrected chi connectivity index (χ1v) is 10.5. The Kier molecular flexibility index (Phi) is 5.26. The maximum absolute atomic E-state index is 12.9. The molecule has 1 aliphatic heterocycles. The third-order valence-electron chi connectivity index (χ3n) is 6.49. The van der Waals surface area contributed by atoms with Crippen molar-refractivity contribution in [3.63, 3.8) is 0 Å². The summed E-state index contributed by atoms with van der Waals surface area (Å²) >= 11 is 0. The minimum atomic E-state index is -2.89. The molecule has 1 saturated heterocycles. The lowest BCUT2D eigenvalue weighted by Crippen LogP contribution is -2.28. The molecule has 2 saturated carbocycles. The molecule has 1 aromatic carbocycles. The molecule has 0 bridgehead atoms. The normalized spacial score (nSPS) is 26.7. The molecule has 0 spiro atoms. The molecule has 2 aromatic rings. The lowest BCUT2D eigenvalue weighted by atomic mass is 9.80. The smallest absolute Gasteiger partial charge is 0.387 e. The number of rotatable bonds is 7. The summed E-state index contributed by atoms with van der Waals surface area (Å²) < 4.78 is 42.4. The Bertz CT molecular complexity index is 852. The van der Waals surface area contributed by atoms with E-state index < -0.39 is 6.61 Å². The van der Waals surface area contributed by atoms with Crippen molar-refractivity contribution in [1.29, 1.82) is 0 Å². The number of para-hydroxylation sites is 1. The molecular weight excluding hydrogens is 378 g/mol. The third kappa shape index (κ3) is 4.03. The molecule has 2 aliphatic carbocycles. The zero-order chi connectivity index (χ0) is 19.8. The van der Waals surface area contributed by atoms with Gasteiger partial charge in [-0.3, -0.25) is 0 Å². The van der Waals surface area contributed by atoms with Crippen LogP contribution in [0.5, 0.6) is 5.75 Å². The van der Waals surface area contributed by atoms with Crippen LogP contribution in [0.3, 0.4) is 0 Å². The number of hydrogen-bond donors (Lipinski definition) is 1. The lowest BCUT2D eigenvalue weighted by Gasteiger charge is -2.31. The van der Waals surface area contributed by atoms with Crippen LogP contribution in [0.15, 0.2) is 28.8 Å². The summed E-state index contributed by atoms with van der Waals surface area (Å²) in [5.74, 6) is 2.77. The quantitative estimate of drug-likeness (QED) is 0.723. The zero-order valence-corrected chi connectivity index (χ0v) is 16.3. The Hall–Kier alpha value is -1.99. The fraction of sp³-hybridized carbons (Fsp3) is 0.591. The molecular formula is C22H26F2N2O3. The highest BCUT2D eigenvalue weighted by Crippen LogP contribution is 2.45. The predicted molar refractivity (Wildman–Crippen MR) is 103 cm³/mol. The highest BCUT2D eigenvalue weighted by atomic mass is 19.3. The van der Waals surface area contributed by atoms with Crippen LogP contribution in [-0.4, -0.2) is 31.0 Å². The fourth-order valence-corrected chi connectivity index (χ4v) is 4.81.